The lowest BCUT2D eigenvalue weighted by Gasteiger charge is -2.12. The predicted octanol–water partition coefficient (Wildman–Crippen LogP) is 3.96. The number of carbonyl (C=O) groups is 1. The molecule has 1 aromatic carbocycles. The maximum absolute atomic E-state index is 12.5. The Morgan fingerprint density at radius 1 is 1.31 bits per heavy atom. The van der Waals surface area contributed by atoms with Gasteiger partial charge in [0.1, 0.15) is 23.4 Å². The van der Waals surface area contributed by atoms with Gasteiger partial charge in [0.25, 0.3) is 0 Å². The Hall–Kier alpha value is -3.75. The minimum absolute atomic E-state index is 0.0887. The third-order valence-electron chi connectivity index (χ3n) is 5.01. The van der Waals surface area contributed by atoms with E-state index in [1.54, 1.807) is 18.4 Å². The highest BCUT2D eigenvalue weighted by atomic mass is 16.5. The van der Waals surface area contributed by atoms with Crippen LogP contribution in [0.2, 0.25) is 0 Å². The predicted molar refractivity (Wildman–Crippen MR) is 122 cm³/mol. The summed E-state index contributed by atoms with van der Waals surface area (Å²) in [5.74, 6) is 1.03. The lowest BCUT2D eigenvalue weighted by atomic mass is 9.92. The van der Waals surface area contributed by atoms with Crippen LogP contribution < -0.4 is 11.1 Å². The molecule has 9 nitrogen and oxygen atoms in total. The van der Waals surface area contributed by atoms with Crippen molar-refractivity contribution in [1.82, 2.24) is 24.7 Å². The second-order valence-electron chi connectivity index (χ2n) is 8.50. The number of hydrogen-bond acceptors (Lipinski definition) is 7. The van der Waals surface area contributed by atoms with Gasteiger partial charge >= 0.3 is 0 Å². The molecule has 3 aromatic heterocycles. The lowest BCUT2D eigenvalue weighted by molar-refractivity contribution is -0.115. The number of benzene rings is 1. The van der Waals surface area contributed by atoms with E-state index in [2.05, 4.69) is 20.6 Å². The lowest BCUT2D eigenvalue weighted by Crippen LogP contribution is -2.14. The number of rotatable bonds is 5. The summed E-state index contributed by atoms with van der Waals surface area (Å²) in [6.45, 7) is 4.90. The Balaban J connectivity index is 1.50. The summed E-state index contributed by atoms with van der Waals surface area (Å²) in [7, 11) is 0. The summed E-state index contributed by atoms with van der Waals surface area (Å²) in [5, 5.41) is 10.8. The zero-order valence-electron chi connectivity index (χ0n) is 21.4. The number of nitrogens with one attached hydrogen (secondary N) is 1. The molecule has 32 heavy (non-hydrogen) atoms. The monoisotopic (exact) mass is 436 g/mol. The van der Waals surface area contributed by atoms with Crippen LogP contribution in [-0.4, -0.2) is 30.6 Å². The summed E-state index contributed by atoms with van der Waals surface area (Å²) >= 11 is 0. The number of fused-ring (bicyclic) bond motifs is 1. The van der Waals surface area contributed by atoms with Crippen LogP contribution in [0.3, 0.4) is 0 Å². The van der Waals surface area contributed by atoms with Crippen molar-refractivity contribution in [3.8, 4) is 11.3 Å². The van der Waals surface area contributed by atoms with Crippen molar-refractivity contribution in [3.63, 3.8) is 0 Å². The van der Waals surface area contributed by atoms with Crippen molar-refractivity contribution in [2.45, 2.75) is 52.3 Å². The zero-order chi connectivity index (χ0) is 25.5. The van der Waals surface area contributed by atoms with E-state index >= 15 is 0 Å². The smallest absolute Gasteiger partial charge is 0.231 e. The van der Waals surface area contributed by atoms with E-state index in [9.17, 15) is 4.79 Å². The number of aromatic nitrogens is 5. The summed E-state index contributed by atoms with van der Waals surface area (Å²) in [5.41, 5.74) is 8.06. The van der Waals surface area contributed by atoms with Gasteiger partial charge in [-0.05, 0) is 5.56 Å². The van der Waals surface area contributed by atoms with E-state index in [0.29, 0.717) is 17.0 Å². The van der Waals surface area contributed by atoms with Crippen LogP contribution in [0.4, 0.5) is 11.7 Å². The highest BCUT2D eigenvalue weighted by Crippen LogP contribution is 2.30. The first kappa shape index (κ1) is 17.9. The zero-order valence-corrected chi connectivity index (χ0v) is 18.4. The van der Waals surface area contributed by atoms with Gasteiger partial charge in [-0.1, -0.05) is 64.0 Å². The number of imidazole rings is 1. The van der Waals surface area contributed by atoms with Crippen LogP contribution in [0.15, 0.2) is 41.2 Å². The molecule has 4 aromatic rings. The highest BCUT2D eigenvalue weighted by molar-refractivity contribution is 5.91. The number of nitrogens with two attached hydrogens (primary N) is 1. The summed E-state index contributed by atoms with van der Waals surface area (Å²) in [6.07, 6.45) is 1.49. The van der Waals surface area contributed by atoms with Gasteiger partial charge in [-0.15, -0.1) is 0 Å². The summed E-state index contributed by atoms with van der Waals surface area (Å²) < 4.78 is 29.9. The van der Waals surface area contributed by atoms with Crippen LogP contribution in [0, 0.1) is 0 Å². The summed E-state index contributed by atoms with van der Waals surface area (Å²) in [6, 6.07) is 8.84. The Labute approximate surface area is 190 Å². The molecule has 1 amide bonds. The van der Waals surface area contributed by atoms with Gasteiger partial charge in [-0.25, -0.2) is 14.5 Å². The summed E-state index contributed by atoms with van der Waals surface area (Å²) in [4.78, 5) is 21.4. The van der Waals surface area contributed by atoms with Gasteiger partial charge in [0.2, 0.25) is 11.8 Å². The molecule has 0 saturated carbocycles. The van der Waals surface area contributed by atoms with Crippen molar-refractivity contribution in [1.29, 1.82) is 0 Å². The molecular formula is C23H27N7O2. The number of nitrogens with zero attached hydrogens (tertiary/aromatic N) is 5. The molecule has 4 rings (SSSR count). The van der Waals surface area contributed by atoms with Gasteiger partial charge in [-0.3, -0.25) is 10.1 Å². The van der Waals surface area contributed by atoms with Crippen LogP contribution in [0.5, 0.6) is 0 Å². The number of carbonyl (C=O) groups excluding carboxylic acids is 1. The fourth-order valence-corrected chi connectivity index (χ4v) is 3.33. The van der Waals surface area contributed by atoms with Gasteiger partial charge < -0.3 is 10.3 Å². The average Bonchev–Trinajstić information content (AvgIpc) is 3.39. The van der Waals surface area contributed by atoms with E-state index in [0.717, 1.165) is 17.0 Å². The molecule has 0 aliphatic rings. The Bertz CT molecular complexity index is 1370. The van der Waals surface area contributed by atoms with Gasteiger partial charge in [0.15, 0.2) is 5.82 Å². The minimum Gasteiger partial charge on any atom is -0.382 e. The second-order valence-corrected chi connectivity index (χ2v) is 8.50. The molecule has 0 spiro atoms. The number of hydrogen-bond donors (Lipinski definition) is 2. The van der Waals surface area contributed by atoms with E-state index in [1.807, 2.05) is 38.1 Å². The van der Waals surface area contributed by atoms with Crippen LogP contribution >= 0.6 is 0 Å². The van der Waals surface area contributed by atoms with Gasteiger partial charge in [-0.2, -0.15) is 5.10 Å². The average molecular weight is 437 g/mol. The largest absolute Gasteiger partial charge is 0.382 e. The normalized spacial score (nSPS) is 13.7. The molecule has 0 radical (unpaired) electrons. The molecule has 0 aliphatic heterocycles. The third kappa shape index (κ3) is 4.18. The number of anilines is 2. The molecule has 3 heterocycles. The molecule has 9 heteroatoms. The van der Waals surface area contributed by atoms with Crippen LogP contribution in [-0.2, 0) is 16.6 Å². The third-order valence-corrected chi connectivity index (χ3v) is 5.01. The van der Waals surface area contributed by atoms with Crippen molar-refractivity contribution < 1.29 is 13.4 Å². The first-order valence-electron chi connectivity index (χ1n) is 11.7. The van der Waals surface area contributed by atoms with Crippen molar-refractivity contribution >= 4 is 23.1 Å². The topological polar surface area (TPSA) is 124 Å². The highest BCUT2D eigenvalue weighted by Gasteiger charge is 2.21. The standard InChI is InChI=1S/C23H27N7O2/c1-13(2)22-28-19(20-21(24)25-12-26-30(20)22)15-8-6-14(7-9-15)10-17(31)27-18-11-16(29-32-18)23(3,4)5/h6-9,11-13H,10H2,1-5H3,(H,27,31)(H2,24,25,26)/i3D3. The van der Waals surface area contributed by atoms with E-state index in [4.69, 9.17) is 19.4 Å². The van der Waals surface area contributed by atoms with Crippen LogP contribution in [0.25, 0.3) is 16.8 Å². The van der Waals surface area contributed by atoms with E-state index in [1.165, 1.54) is 12.4 Å². The molecular weight excluding hydrogens is 406 g/mol. The van der Waals surface area contributed by atoms with Crippen molar-refractivity contribution in [2.24, 2.45) is 0 Å². The number of nitrogen functional groups attached to an aromatic ring is 1. The Morgan fingerprint density at radius 3 is 2.75 bits per heavy atom. The first-order chi connectivity index (χ1) is 16.4. The fraction of sp³-hybridized carbons (Fsp3) is 0.348. The quantitative estimate of drug-likeness (QED) is 0.485. The molecule has 166 valence electrons. The molecule has 0 bridgehead atoms. The van der Waals surface area contributed by atoms with Crippen molar-refractivity contribution in [3.05, 3.63) is 53.7 Å². The maximum atomic E-state index is 12.5. The maximum Gasteiger partial charge on any atom is 0.231 e. The van der Waals surface area contributed by atoms with Crippen LogP contribution in [0.1, 0.15) is 61.7 Å². The Morgan fingerprint density at radius 2 is 2.06 bits per heavy atom. The van der Waals surface area contributed by atoms with Gasteiger partial charge in [0.05, 0.1) is 12.1 Å². The van der Waals surface area contributed by atoms with E-state index < -0.39 is 12.3 Å². The minimum atomic E-state index is -2.26. The molecule has 0 saturated heterocycles. The van der Waals surface area contributed by atoms with Gasteiger partial charge in [0, 0.05) is 27.1 Å². The molecule has 3 N–H and O–H groups in total. The Kier molecular flexibility index (Phi) is 4.51. The first-order valence-corrected chi connectivity index (χ1v) is 10.2. The second kappa shape index (κ2) is 8.07. The molecule has 0 unspecified atom stereocenters. The fourth-order valence-electron chi connectivity index (χ4n) is 3.33. The SMILES string of the molecule is [2H]C([2H])([2H])C(C)(C)c1cc(NC(=O)Cc2ccc(-c3nc(C(C)C)n4ncnc(N)c34)cc2)on1. The molecule has 0 aliphatic carbocycles. The molecule has 0 atom stereocenters. The van der Waals surface area contributed by atoms with Crippen molar-refractivity contribution in [2.75, 3.05) is 11.1 Å². The number of amides is 1. The molecule has 0 fully saturated rings. The van der Waals surface area contributed by atoms with E-state index in [-0.39, 0.29) is 29.8 Å².